The molecular formula is C35H42N4O4. The van der Waals surface area contributed by atoms with Crippen molar-refractivity contribution in [3.63, 3.8) is 0 Å². The van der Waals surface area contributed by atoms with Gasteiger partial charge in [0, 0.05) is 57.0 Å². The molecule has 4 aromatic heterocycles. The molecule has 8 bridgehead atoms. The maximum absolute atomic E-state index is 11.6. The Morgan fingerprint density at radius 3 is 1.74 bits per heavy atom. The summed E-state index contributed by atoms with van der Waals surface area (Å²) in [6, 6.07) is 0. The number of nitrogens with one attached hydrogen (secondary N) is 4. The van der Waals surface area contributed by atoms with Crippen LogP contribution in [0.3, 0.4) is 0 Å². The number of hydrogen-bond acceptors (Lipinski definition) is 2. The Kier molecular flexibility index (Phi) is 8.14. The molecule has 43 heavy (non-hydrogen) atoms. The first-order valence-electron chi connectivity index (χ1n) is 15.1. The minimum absolute atomic E-state index is 0.0154. The molecule has 226 valence electrons. The monoisotopic (exact) mass is 582 g/mol. The molecule has 0 saturated carbocycles. The van der Waals surface area contributed by atoms with Crippen molar-refractivity contribution in [2.45, 2.75) is 87.0 Å². The second-order valence-electron chi connectivity index (χ2n) is 11.7. The average molecular weight is 583 g/mol. The molecule has 0 amide bonds. The van der Waals surface area contributed by atoms with Crippen LogP contribution >= 0.6 is 0 Å². The van der Waals surface area contributed by atoms with Gasteiger partial charge in [0.15, 0.2) is 0 Å². The van der Waals surface area contributed by atoms with Gasteiger partial charge in [-0.3, -0.25) is 9.59 Å². The SMILES string of the molecule is CCc1c2[nH]c(c1C)C(C)=c1[nH]c(c(C)c1CC)=Cc1[nH]c(c(CCC(=O)O)c1C)C=c1[nH]c(c(C)c1CCC(=O)O)=C2. The summed E-state index contributed by atoms with van der Waals surface area (Å²) < 4.78 is 0. The second-order valence-corrected chi connectivity index (χ2v) is 11.7. The molecular weight excluding hydrogens is 540 g/mol. The number of aliphatic carboxylic acids is 2. The van der Waals surface area contributed by atoms with Crippen molar-refractivity contribution in [3.05, 3.63) is 88.7 Å². The highest BCUT2D eigenvalue weighted by Crippen LogP contribution is 2.25. The first kappa shape index (κ1) is 30.0. The third-order valence-corrected chi connectivity index (χ3v) is 9.23. The largest absolute Gasteiger partial charge is 0.481 e. The number of aromatic nitrogens is 4. The maximum atomic E-state index is 11.6. The Morgan fingerprint density at radius 2 is 1.12 bits per heavy atom. The highest BCUT2D eigenvalue weighted by atomic mass is 16.4. The van der Waals surface area contributed by atoms with E-state index in [4.69, 9.17) is 0 Å². The number of rotatable bonds is 8. The van der Waals surface area contributed by atoms with Gasteiger partial charge >= 0.3 is 11.9 Å². The molecule has 1 aliphatic heterocycles. The fourth-order valence-corrected chi connectivity index (χ4v) is 6.73. The van der Waals surface area contributed by atoms with Crippen LogP contribution < -0.4 is 21.4 Å². The molecule has 0 fully saturated rings. The van der Waals surface area contributed by atoms with Gasteiger partial charge in [-0.15, -0.1) is 0 Å². The summed E-state index contributed by atoms with van der Waals surface area (Å²) in [7, 11) is 0. The van der Waals surface area contributed by atoms with Crippen LogP contribution in [0.2, 0.25) is 0 Å². The Balaban J connectivity index is 1.94. The van der Waals surface area contributed by atoms with Crippen LogP contribution in [0.5, 0.6) is 0 Å². The molecule has 0 saturated heterocycles. The highest BCUT2D eigenvalue weighted by Gasteiger charge is 2.19. The van der Waals surface area contributed by atoms with Gasteiger partial charge in [0.1, 0.15) is 0 Å². The lowest BCUT2D eigenvalue weighted by Crippen LogP contribution is -2.16. The maximum Gasteiger partial charge on any atom is 0.303 e. The third-order valence-electron chi connectivity index (χ3n) is 9.23. The number of H-pyrrole nitrogens is 4. The summed E-state index contributed by atoms with van der Waals surface area (Å²) in [6.45, 7) is 14.9. The lowest BCUT2D eigenvalue weighted by molar-refractivity contribution is -0.138. The molecule has 0 unspecified atom stereocenters. The van der Waals surface area contributed by atoms with Crippen molar-refractivity contribution in [1.29, 1.82) is 0 Å². The fourth-order valence-electron chi connectivity index (χ4n) is 6.73. The first-order valence-corrected chi connectivity index (χ1v) is 15.1. The number of hydrogen-bond donors (Lipinski definition) is 6. The van der Waals surface area contributed by atoms with Gasteiger partial charge in [-0.05, 0) is 129 Å². The average Bonchev–Trinajstić information content (AvgIpc) is 3.63. The minimum Gasteiger partial charge on any atom is -0.481 e. The number of aromatic amines is 4. The molecule has 0 aromatic carbocycles. The van der Waals surface area contributed by atoms with Crippen LogP contribution in [-0.2, 0) is 35.3 Å². The zero-order chi connectivity index (χ0) is 31.2. The van der Waals surface area contributed by atoms with E-state index >= 15 is 0 Å². The first-order chi connectivity index (χ1) is 20.4. The Morgan fingerprint density at radius 1 is 0.581 bits per heavy atom. The molecule has 0 radical (unpaired) electrons. The van der Waals surface area contributed by atoms with Gasteiger partial charge in [0.25, 0.3) is 0 Å². The van der Waals surface area contributed by atoms with Gasteiger partial charge in [-0.1, -0.05) is 13.8 Å². The van der Waals surface area contributed by atoms with E-state index in [2.05, 4.69) is 66.7 Å². The topological polar surface area (TPSA) is 138 Å². The van der Waals surface area contributed by atoms with Crippen molar-refractivity contribution in [2.24, 2.45) is 0 Å². The summed E-state index contributed by atoms with van der Waals surface area (Å²) >= 11 is 0. The van der Waals surface area contributed by atoms with Gasteiger partial charge in [0.05, 0.1) is 0 Å². The standard InChI is InChI=1S/C35H42N4O4/c1-8-22-20(6)34-21(7)35-23(9-2)17(3)28(38-35)14-26-18(4)24(10-12-32(40)41)30(36-26)16-31-25(11-13-33(42)43)19(5)27(37-31)15-29(22)39-34/h14-16,36-39H,8-13H2,1-7H3,(H,40,41)(H,42,43). The molecule has 8 nitrogen and oxygen atoms in total. The number of carboxylic acids is 2. The van der Waals surface area contributed by atoms with Crippen LogP contribution in [-0.4, -0.2) is 42.1 Å². The van der Waals surface area contributed by atoms with E-state index < -0.39 is 11.9 Å². The minimum atomic E-state index is -0.846. The highest BCUT2D eigenvalue weighted by molar-refractivity contribution is 5.71. The van der Waals surface area contributed by atoms with Crippen molar-refractivity contribution >= 4 is 35.7 Å². The van der Waals surface area contributed by atoms with E-state index in [1.54, 1.807) is 0 Å². The summed E-state index contributed by atoms with van der Waals surface area (Å²) in [5.41, 5.74) is 13.9. The van der Waals surface area contributed by atoms with Crippen LogP contribution in [0.25, 0.3) is 23.8 Å². The molecule has 5 rings (SSSR count). The second kappa shape index (κ2) is 11.7. The van der Waals surface area contributed by atoms with Crippen LogP contribution in [0.15, 0.2) is 0 Å². The number of carboxylic acid groups (broad SMARTS) is 2. The molecule has 6 N–H and O–H groups in total. The zero-order valence-electron chi connectivity index (χ0n) is 26.2. The Hall–Kier alpha value is -4.46. The molecule has 0 atom stereocenters. The Bertz CT molecular complexity index is 2010. The van der Waals surface area contributed by atoms with Crippen LogP contribution in [0, 0.1) is 27.7 Å². The quantitative estimate of drug-likeness (QED) is 0.190. The lowest BCUT2D eigenvalue weighted by Gasteiger charge is -2.03. The Labute approximate surface area is 251 Å². The van der Waals surface area contributed by atoms with Crippen molar-refractivity contribution < 1.29 is 19.8 Å². The molecule has 0 aliphatic carbocycles. The van der Waals surface area contributed by atoms with Gasteiger partial charge < -0.3 is 30.1 Å². The van der Waals surface area contributed by atoms with E-state index in [1.807, 2.05) is 19.9 Å². The van der Waals surface area contributed by atoms with Crippen LogP contribution in [0.1, 0.15) is 101 Å². The van der Waals surface area contributed by atoms with E-state index in [-0.39, 0.29) is 12.8 Å². The van der Waals surface area contributed by atoms with E-state index in [0.717, 1.165) is 84.8 Å². The van der Waals surface area contributed by atoms with Crippen molar-refractivity contribution in [1.82, 2.24) is 19.9 Å². The number of carbonyl (C=O) groups is 2. The molecule has 5 heterocycles. The third kappa shape index (κ3) is 5.42. The van der Waals surface area contributed by atoms with Gasteiger partial charge in [0.2, 0.25) is 0 Å². The zero-order valence-corrected chi connectivity index (χ0v) is 26.2. The van der Waals surface area contributed by atoms with E-state index in [1.165, 1.54) is 22.3 Å². The summed E-state index contributed by atoms with van der Waals surface area (Å²) in [6.07, 6.45) is 8.84. The van der Waals surface area contributed by atoms with E-state index in [9.17, 15) is 19.8 Å². The molecule has 4 aromatic rings. The van der Waals surface area contributed by atoms with Crippen molar-refractivity contribution in [2.75, 3.05) is 0 Å². The van der Waals surface area contributed by atoms with E-state index in [0.29, 0.717) is 12.8 Å². The summed E-state index contributed by atoms with van der Waals surface area (Å²) in [5, 5.41) is 22.9. The summed E-state index contributed by atoms with van der Waals surface area (Å²) in [5.74, 6) is -1.69. The smallest absolute Gasteiger partial charge is 0.303 e. The van der Waals surface area contributed by atoms with Crippen molar-refractivity contribution in [3.8, 4) is 0 Å². The fraction of sp³-hybridized carbons (Fsp3) is 0.371. The molecule has 8 heteroatoms. The molecule has 0 spiro atoms. The predicted molar refractivity (Wildman–Crippen MR) is 170 cm³/mol. The number of fused-ring (bicyclic) bond motifs is 8. The lowest BCUT2D eigenvalue weighted by atomic mass is 10.0. The van der Waals surface area contributed by atoms with Gasteiger partial charge in [-0.2, -0.15) is 0 Å². The normalized spacial score (nSPS) is 12.6. The predicted octanol–water partition coefficient (Wildman–Crippen LogP) is 3.41. The van der Waals surface area contributed by atoms with Crippen LogP contribution in [0.4, 0.5) is 0 Å². The van der Waals surface area contributed by atoms with Gasteiger partial charge in [-0.25, -0.2) is 0 Å². The summed E-state index contributed by atoms with van der Waals surface area (Å²) in [4.78, 5) is 37.8. The molecule has 1 aliphatic rings.